The van der Waals surface area contributed by atoms with Crippen LogP contribution in [0.15, 0.2) is 23.3 Å². The van der Waals surface area contributed by atoms with E-state index in [9.17, 15) is 4.79 Å². The van der Waals surface area contributed by atoms with Crippen LogP contribution in [-0.4, -0.2) is 5.78 Å². The number of carbonyl (C=O) groups is 1. The molecular formula is C12H18O. The fourth-order valence-electron chi connectivity index (χ4n) is 1.77. The number of carbonyl (C=O) groups excluding carboxylic acids is 1. The van der Waals surface area contributed by atoms with E-state index in [-0.39, 0.29) is 0 Å². The topological polar surface area (TPSA) is 17.1 Å². The van der Waals surface area contributed by atoms with E-state index in [0.717, 1.165) is 24.8 Å². The first kappa shape index (κ1) is 10.2. The Labute approximate surface area is 80.5 Å². The maximum Gasteiger partial charge on any atom is 0.159 e. The summed E-state index contributed by atoms with van der Waals surface area (Å²) in [6, 6.07) is 0. The van der Waals surface area contributed by atoms with E-state index in [1.54, 1.807) is 0 Å². The predicted molar refractivity (Wildman–Crippen MR) is 55.5 cm³/mol. The van der Waals surface area contributed by atoms with Crippen molar-refractivity contribution < 1.29 is 4.79 Å². The Morgan fingerprint density at radius 1 is 1.62 bits per heavy atom. The molecule has 0 spiro atoms. The van der Waals surface area contributed by atoms with Crippen LogP contribution in [0.25, 0.3) is 0 Å². The van der Waals surface area contributed by atoms with Crippen LogP contribution in [0.2, 0.25) is 0 Å². The molecule has 1 aliphatic carbocycles. The highest BCUT2D eigenvalue weighted by molar-refractivity contribution is 5.98. The quantitative estimate of drug-likeness (QED) is 0.593. The Kier molecular flexibility index (Phi) is 3.47. The summed E-state index contributed by atoms with van der Waals surface area (Å²) >= 11 is 0. The van der Waals surface area contributed by atoms with Gasteiger partial charge in [-0.1, -0.05) is 31.6 Å². The molecule has 1 fully saturated rings. The second kappa shape index (κ2) is 4.40. The van der Waals surface area contributed by atoms with Crippen molar-refractivity contribution in [2.75, 3.05) is 0 Å². The van der Waals surface area contributed by atoms with Gasteiger partial charge in [0.1, 0.15) is 0 Å². The Morgan fingerprint density at radius 2 is 2.31 bits per heavy atom. The highest BCUT2D eigenvalue weighted by atomic mass is 16.1. The predicted octanol–water partition coefficient (Wildman–Crippen LogP) is 3.27. The average Bonchev–Trinajstić information content (AvgIpc) is 2.36. The number of allylic oxidation sites excluding steroid dienone is 4. The highest BCUT2D eigenvalue weighted by Gasteiger charge is 2.24. The van der Waals surface area contributed by atoms with E-state index < -0.39 is 0 Å². The first-order valence-corrected chi connectivity index (χ1v) is 5.06. The third-order valence-corrected chi connectivity index (χ3v) is 2.57. The van der Waals surface area contributed by atoms with E-state index in [0.29, 0.717) is 11.7 Å². The Hall–Kier alpha value is -0.850. The van der Waals surface area contributed by atoms with Crippen molar-refractivity contribution >= 4 is 5.78 Å². The minimum Gasteiger partial charge on any atom is -0.295 e. The smallest absolute Gasteiger partial charge is 0.159 e. The van der Waals surface area contributed by atoms with E-state index in [2.05, 4.69) is 32.9 Å². The molecule has 1 aliphatic rings. The lowest BCUT2D eigenvalue weighted by Gasteiger charge is -2.02. The summed E-state index contributed by atoms with van der Waals surface area (Å²) in [6.45, 7) is 6.31. The molecule has 1 heteroatoms. The molecule has 1 atom stereocenters. The molecule has 1 rings (SSSR count). The summed E-state index contributed by atoms with van der Waals surface area (Å²) in [5.74, 6) is 0.809. The van der Waals surface area contributed by atoms with Crippen molar-refractivity contribution in [3.63, 3.8) is 0 Å². The number of rotatable bonds is 2. The van der Waals surface area contributed by atoms with Crippen molar-refractivity contribution in [3.8, 4) is 0 Å². The maximum atomic E-state index is 11.4. The molecule has 72 valence electrons. The standard InChI is InChI=1S/C12H18O/c1-4-5-9(2)8-11-10(3)6-7-12(11)13/h5,8,10H,4,6-7H2,1-3H3/b9-5-,11-8+. The Bertz CT molecular complexity index is 258. The summed E-state index contributed by atoms with van der Waals surface area (Å²) in [6.07, 6.45) is 7.03. The van der Waals surface area contributed by atoms with Crippen LogP contribution in [0.3, 0.4) is 0 Å². The molecule has 1 unspecified atom stereocenters. The molecule has 0 heterocycles. The van der Waals surface area contributed by atoms with Gasteiger partial charge in [-0.25, -0.2) is 0 Å². The first-order valence-electron chi connectivity index (χ1n) is 5.06. The van der Waals surface area contributed by atoms with Gasteiger partial charge in [0.15, 0.2) is 5.78 Å². The maximum absolute atomic E-state index is 11.4. The van der Waals surface area contributed by atoms with Crippen molar-refractivity contribution in [3.05, 3.63) is 23.3 Å². The minimum atomic E-state index is 0.344. The number of hydrogen-bond acceptors (Lipinski definition) is 1. The molecule has 0 aromatic rings. The number of Topliss-reactive ketones (excluding diaryl/α,β-unsaturated/α-hetero) is 1. The van der Waals surface area contributed by atoms with Crippen LogP contribution in [0, 0.1) is 5.92 Å². The Balaban J connectivity index is 2.80. The summed E-state index contributed by atoms with van der Waals surface area (Å²) in [5, 5.41) is 0. The number of hydrogen-bond donors (Lipinski definition) is 0. The van der Waals surface area contributed by atoms with Crippen LogP contribution in [0.5, 0.6) is 0 Å². The molecule has 0 saturated heterocycles. The van der Waals surface area contributed by atoms with E-state index in [1.165, 1.54) is 5.57 Å². The summed E-state index contributed by atoms with van der Waals surface area (Å²) in [4.78, 5) is 11.4. The van der Waals surface area contributed by atoms with Crippen molar-refractivity contribution in [2.24, 2.45) is 5.92 Å². The van der Waals surface area contributed by atoms with Crippen LogP contribution in [0.4, 0.5) is 0 Å². The molecule has 0 radical (unpaired) electrons. The fourth-order valence-corrected chi connectivity index (χ4v) is 1.77. The van der Waals surface area contributed by atoms with E-state index >= 15 is 0 Å². The lowest BCUT2D eigenvalue weighted by molar-refractivity contribution is -0.114. The van der Waals surface area contributed by atoms with Gasteiger partial charge in [-0.15, -0.1) is 0 Å². The second-order valence-electron chi connectivity index (χ2n) is 3.82. The van der Waals surface area contributed by atoms with Gasteiger partial charge in [0.25, 0.3) is 0 Å². The van der Waals surface area contributed by atoms with Crippen molar-refractivity contribution in [1.29, 1.82) is 0 Å². The van der Waals surface area contributed by atoms with Gasteiger partial charge >= 0.3 is 0 Å². The highest BCUT2D eigenvalue weighted by Crippen LogP contribution is 2.28. The molecule has 0 amide bonds. The SMILES string of the molecule is CC/C=C(C)\C=C1\C(=O)CCC1C. The van der Waals surface area contributed by atoms with Crippen molar-refractivity contribution in [2.45, 2.75) is 40.0 Å². The van der Waals surface area contributed by atoms with Crippen LogP contribution in [-0.2, 0) is 4.79 Å². The summed E-state index contributed by atoms with van der Waals surface area (Å²) in [7, 11) is 0. The van der Waals surface area contributed by atoms with E-state index in [1.807, 2.05) is 0 Å². The van der Waals surface area contributed by atoms with Gasteiger partial charge in [0, 0.05) is 6.42 Å². The van der Waals surface area contributed by atoms with Gasteiger partial charge in [-0.3, -0.25) is 4.79 Å². The molecule has 1 saturated carbocycles. The lowest BCUT2D eigenvalue weighted by Crippen LogP contribution is -1.97. The third kappa shape index (κ3) is 2.55. The van der Waals surface area contributed by atoms with Gasteiger partial charge in [-0.2, -0.15) is 0 Å². The van der Waals surface area contributed by atoms with E-state index in [4.69, 9.17) is 0 Å². The zero-order chi connectivity index (χ0) is 9.84. The minimum absolute atomic E-state index is 0.344. The molecule has 1 nitrogen and oxygen atoms in total. The van der Waals surface area contributed by atoms with Gasteiger partial charge in [0.2, 0.25) is 0 Å². The van der Waals surface area contributed by atoms with Gasteiger partial charge in [0.05, 0.1) is 0 Å². The summed E-state index contributed by atoms with van der Waals surface area (Å²) < 4.78 is 0. The molecular weight excluding hydrogens is 160 g/mol. The first-order chi connectivity index (χ1) is 6.15. The number of ketones is 1. The second-order valence-corrected chi connectivity index (χ2v) is 3.82. The molecule has 0 aromatic carbocycles. The molecule has 0 aromatic heterocycles. The lowest BCUT2D eigenvalue weighted by atomic mass is 10.0. The van der Waals surface area contributed by atoms with Crippen LogP contribution >= 0.6 is 0 Å². The zero-order valence-electron chi connectivity index (χ0n) is 8.76. The van der Waals surface area contributed by atoms with Crippen molar-refractivity contribution in [1.82, 2.24) is 0 Å². The fraction of sp³-hybridized carbons (Fsp3) is 0.583. The van der Waals surface area contributed by atoms with Gasteiger partial charge < -0.3 is 0 Å². The largest absolute Gasteiger partial charge is 0.295 e. The molecule has 0 N–H and O–H groups in total. The van der Waals surface area contributed by atoms with Gasteiger partial charge in [-0.05, 0) is 31.3 Å². The molecule has 0 bridgehead atoms. The normalized spacial score (nSPS) is 27.3. The van der Waals surface area contributed by atoms with Crippen LogP contribution in [0.1, 0.15) is 40.0 Å². The summed E-state index contributed by atoms with van der Waals surface area (Å²) in [5.41, 5.74) is 2.25. The Morgan fingerprint density at radius 3 is 2.77 bits per heavy atom. The molecule has 13 heavy (non-hydrogen) atoms. The zero-order valence-corrected chi connectivity index (χ0v) is 8.76. The molecule has 0 aliphatic heterocycles. The van der Waals surface area contributed by atoms with Crippen LogP contribution < -0.4 is 0 Å². The monoisotopic (exact) mass is 178 g/mol. The average molecular weight is 178 g/mol. The third-order valence-electron chi connectivity index (χ3n) is 2.57.